The molecule has 4 aliphatic heterocycles. The maximum Gasteiger partial charge on any atom is 0.319 e. The minimum Gasteiger partial charge on any atom is -0.493 e. The van der Waals surface area contributed by atoms with Crippen LogP contribution >= 0.6 is 0 Å². The van der Waals surface area contributed by atoms with Crippen LogP contribution in [0, 0.1) is 29.8 Å². The summed E-state index contributed by atoms with van der Waals surface area (Å²) in [5.41, 5.74) is -1.60. The fourth-order valence-electron chi connectivity index (χ4n) is 8.69. The van der Waals surface area contributed by atoms with Gasteiger partial charge in [0, 0.05) is 43.5 Å². The predicted octanol–water partition coefficient (Wildman–Crippen LogP) is 5.08. The summed E-state index contributed by atoms with van der Waals surface area (Å²) in [7, 11) is 1.25. The first kappa shape index (κ1) is 36.2. The molecule has 8 rings (SSSR count). The topological polar surface area (TPSA) is 137 Å². The second-order valence-electron chi connectivity index (χ2n) is 14.0. The van der Waals surface area contributed by atoms with Gasteiger partial charge in [-0.15, -0.1) is 6.42 Å². The first-order valence-electron chi connectivity index (χ1n) is 17.3. The number of benzene rings is 3. The first-order chi connectivity index (χ1) is 25.5. The number of hydrogen-bond donors (Lipinski definition) is 3. The summed E-state index contributed by atoms with van der Waals surface area (Å²) in [6, 6.07) is 5.46. The number of nitrogens with one attached hydrogen (secondary N) is 1. The molecule has 2 bridgehead atoms. The van der Waals surface area contributed by atoms with Crippen LogP contribution in [0.4, 0.5) is 23.4 Å². The highest BCUT2D eigenvalue weighted by molar-refractivity contribution is 6.06. The summed E-state index contributed by atoms with van der Waals surface area (Å²) in [5, 5.41) is 20.4. The number of rotatable bonds is 8. The number of carbonyl (C=O) groups is 2. The van der Waals surface area contributed by atoms with Crippen LogP contribution in [-0.2, 0) is 16.0 Å². The third-order valence-electron chi connectivity index (χ3n) is 10.8. The van der Waals surface area contributed by atoms with Crippen molar-refractivity contribution in [3.05, 3.63) is 52.8 Å². The van der Waals surface area contributed by atoms with Crippen molar-refractivity contribution < 1.29 is 46.8 Å². The molecule has 53 heavy (non-hydrogen) atoms. The normalized spacial score (nSPS) is 23.4. The van der Waals surface area contributed by atoms with Gasteiger partial charge in [-0.1, -0.05) is 18.1 Å². The summed E-state index contributed by atoms with van der Waals surface area (Å²) in [6.45, 7) is 1.94. The van der Waals surface area contributed by atoms with Crippen molar-refractivity contribution in [2.75, 3.05) is 44.8 Å². The maximum absolute atomic E-state index is 17.3. The van der Waals surface area contributed by atoms with Crippen LogP contribution < -0.4 is 19.7 Å². The fourth-order valence-corrected chi connectivity index (χ4v) is 8.69. The molecule has 4 aliphatic rings. The van der Waals surface area contributed by atoms with Crippen LogP contribution in [0.1, 0.15) is 43.2 Å². The molecule has 15 heteroatoms. The molecule has 4 aromatic rings. The smallest absolute Gasteiger partial charge is 0.319 e. The average molecular weight is 736 g/mol. The molecule has 4 fully saturated rings. The Morgan fingerprint density at radius 3 is 2.55 bits per heavy atom. The Bertz CT molecular complexity index is 2150. The Morgan fingerprint density at radius 2 is 1.87 bits per heavy atom. The number of aliphatic carboxylic acids is 1. The van der Waals surface area contributed by atoms with Gasteiger partial charge >= 0.3 is 12.0 Å². The SMILES string of the molecule is C#Cc1c(F)ccc2cc(CC(=O)O)cc(-c3c(F)c(OC)c4c(N5CC6CCC(C5)N6)nc(OC[C@@]56CCCN5C[C@H](F)C6)nc4c3F)c12.O=CO. The van der Waals surface area contributed by atoms with E-state index in [1.54, 1.807) is 0 Å². The van der Waals surface area contributed by atoms with E-state index < -0.39 is 47.1 Å². The largest absolute Gasteiger partial charge is 0.493 e. The van der Waals surface area contributed by atoms with Gasteiger partial charge in [-0.2, -0.15) is 9.97 Å². The lowest BCUT2D eigenvalue weighted by atomic mass is 9.90. The van der Waals surface area contributed by atoms with Crippen molar-refractivity contribution in [2.45, 2.75) is 62.3 Å². The zero-order valence-electron chi connectivity index (χ0n) is 28.8. The van der Waals surface area contributed by atoms with Crippen molar-refractivity contribution in [3.8, 4) is 35.2 Å². The molecule has 278 valence electrons. The van der Waals surface area contributed by atoms with E-state index in [2.05, 4.69) is 21.1 Å². The van der Waals surface area contributed by atoms with Crippen LogP contribution in [0.25, 0.3) is 32.8 Å². The minimum absolute atomic E-state index is 0.000375. The Labute approximate surface area is 301 Å². The Morgan fingerprint density at radius 1 is 1.13 bits per heavy atom. The van der Waals surface area contributed by atoms with E-state index >= 15 is 13.2 Å². The Hall–Kier alpha value is -5.20. The molecule has 11 nitrogen and oxygen atoms in total. The summed E-state index contributed by atoms with van der Waals surface area (Å²) < 4.78 is 75.8. The molecule has 0 spiro atoms. The number of carboxylic acid groups (broad SMARTS) is 2. The van der Waals surface area contributed by atoms with E-state index in [4.69, 9.17) is 30.8 Å². The number of piperazine rings is 1. The van der Waals surface area contributed by atoms with Crippen molar-refractivity contribution in [1.29, 1.82) is 0 Å². The lowest BCUT2D eigenvalue weighted by Crippen LogP contribution is -2.51. The number of carboxylic acids is 1. The summed E-state index contributed by atoms with van der Waals surface area (Å²) in [4.78, 5) is 33.4. The Balaban J connectivity index is 0.00000140. The minimum atomic E-state index is -1.17. The van der Waals surface area contributed by atoms with Crippen LogP contribution in [0.3, 0.4) is 0 Å². The standard InChI is InChI=1S/C37H35F4N5O4.CH2O2/c1-3-24-26(39)8-5-20-11-19(13-27(47)48)12-25(28(20)24)29-31(40)33-30(34(49-2)32(29)41)35(45-16-22-6-7-23(17-45)42-22)44-36(43-33)50-18-37-9-4-10-46(37)15-21(38)14-37;2-1-3/h1,5,8,11-12,21-23,42H,4,6-7,9-10,13-18H2,2H3,(H,47,48);1H,(H,2,3)/t21-,22?,23?,37+;/m1./s1. The molecule has 2 unspecified atom stereocenters. The number of ether oxygens (including phenoxy) is 2. The Kier molecular flexibility index (Phi) is 9.77. The molecular formula is C38H37F4N5O6. The monoisotopic (exact) mass is 735 g/mol. The van der Waals surface area contributed by atoms with E-state index in [0.717, 1.165) is 38.3 Å². The van der Waals surface area contributed by atoms with E-state index in [9.17, 15) is 14.3 Å². The van der Waals surface area contributed by atoms with Gasteiger partial charge in [0.25, 0.3) is 6.47 Å². The number of anilines is 1. The van der Waals surface area contributed by atoms with Crippen LogP contribution in [0.5, 0.6) is 11.8 Å². The number of aromatic nitrogens is 2. The third kappa shape index (κ3) is 6.44. The quantitative estimate of drug-likeness (QED) is 0.127. The van der Waals surface area contributed by atoms with Gasteiger partial charge in [0.05, 0.1) is 35.6 Å². The summed E-state index contributed by atoms with van der Waals surface area (Å²) in [6.07, 6.45) is 8.08. The maximum atomic E-state index is 17.3. The molecule has 1 aromatic heterocycles. The van der Waals surface area contributed by atoms with Gasteiger partial charge in [-0.3, -0.25) is 14.5 Å². The van der Waals surface area contributed by atoms with E-state index in [1.807, 2.05) is 4.90 Å². The highest BCUT2D eigenvalue weighted by Crippen LogP contribution is 2.47. The number of terminal acetylenes is 1. The summed E-state index contributed by atoms with van der Waals surface area (Å²) in [5.74, 6) is -1.96. The molecule has 0 saturated carbocycles. The van der Waals surface area contributed by atoms with Gasteiger partial charge in [0.2, 0.25) is 0 Å². The van der Waals surface area contributed by atoms with Crippen molar-refractivity contribution in [2.24, 2.45) is 0 Å². The van der Waals surface area contributed by atoms with Gasteiger partial charge in [-0.25, -0.2) is 17.6 Å². The lowest BCUT2D eigenvalue weighted by molar-refractivity contribution is -0.136. The van der Waals surface area contributed by atoms with Gasteiger partial charge in [-0.05, 0) is 60.9 Å². The van der Waals surface area contributed by atoms with Gasteiger partial charge in [0.1, 0.15) is 29.9 Å². The zero-order chi connectivity index (χ0) is 37.6. The number of nitrogens with zero attached hydrogens (tertiary/aromatic N) is 4. The van der Waals surface area contributed by atoms with Gasteiger partial charge < -0.3 is 29.9 Å². The highest BCUT2D eigenvalue weighted by Gasteiger charge is 2.49. The van der Waals surface area contributed by atoms with Crippen LogP contribution in [-0.4, -0.2) is 101 Å². The molecule has 4 atom stereocenters. The lowest BCUT2D eigenvalue weighted by Gasteiger charge is -2.35. The number of hydrogen-bond acceptors (Lipinski definition) is 9. The van der Waals surface area contributed by atoms with E-state index in [0.29, 0.717) is 31.4 Å². The molecule has 0 amide bonds. The number of alkyl halides is 1. The summed E-state index contributed by atoms with van der Waals surface area (Å²) >= 11 is 0. The zero-order valence-corrected chi connectivity index (χ0v) is 28.8. The predicted molar refractivity (Wildman–Crippen MR) is 188 cm³/mol. The van der Waals surface area contributed by atoms with Crippen molar-refractivity contribution >= 4 is 39.9 Å². The van der Waals surface area contributed by atoms with Crippen LogP contribution in [0.2, 0.25) is 0 Å². The molecule has 0 aliphatic carbocycles. The van der Waals surface area contributed by atoms with Crippen molar-refractivity contribution in [3.63, 3.8) is 0 Å². The molecule has 5 heterocycles. The second kappa shape index (κ2) is 14.3. The molecular weight excluding hydrogens is 698 g/mol. The average Bonchev–Trinajstić information content (AvgIpc) is 3.77. The van der Waals surface area contributed by atoms with Crippen molar-refractivity contribution in [1.82, 2.24) is 20.2 Å². The highest BCUT2D eigenvalue weighted by atomic mass is 19.1. The molecule has 4 saturated heterocycles. The number of fused-ring (bicyclic) bond motifs is 5. The first-order valence-corrected chi connectivity index (χ1v) is 17.3. The fraction of sp³-hybridized carbons (Fsp3) is 0.421. The third-order valence-corrected chi connectivity index (χ3v) is 10.8. The van der Waals surface area contributed by atoms with Crippen LogP contribution in [0.15, 0.2) is 24.3 Å². The molecule has 3 N–H and O–H groups in total. The van der Waals surface area contributed by atoms with E-state index in [-0.39, 0.29) is 75.7 Å². The number of halogens is 4. The molecule has 0 radical (unpaired) electrons. The van der Waals surface area contributed by atoms with E-state index in [1.165, 1.54) is 25.3 Å². The second-order valence-corrected chi connectivity index (χ2v) is 14.0. The molecule has 3 aromatic carbocycles. The van der Waals surface area contributed by atoms with Gasteiger partial charge in [0.15, 0.2) is 17.4 Å². The number of methoxy groups -OCH3 is 1.